The lowest BCUT2D eigenvalue weighted by Gasteiger charge is -2.33. The predicted molar refractivity (Wildman–Crippen MR) is 103 cm³/mol. The number of hydrogen-bond acceptors (Lipinski definition) is 3. The molecule has 1 amide bonds. The molecule has 0 spiro atoms. The van der Waals surface area contributed by atoms with Crippen LogP contribution in [0.1, 0.15) is 31.2 Å². The van der Waals surface area contributed by atoms with Crippen LogP contribution in [-0.2, 0) is 11.3 Å². The van der Waals surface area contributed by atoms with E-state index < -0.39 is 0 Å². The minimum Gasteiger partial charge on any atom is -0.352 e. The van der Waals surface area contributed by atoms with E-state index in [1.807, 2.05) is 6.07 Å². The maximum atomic E-state index is 13.3. The van der Waals surface area contributed by atoms with Gasteiger partial charge in [0.05, 0.1) is 5.92 Å². The fourth-order valence-corrected chi connectivity index (χ4v) is 3.60. The molecule has 2 atom stereocenters. The molecular formula is C18H28Cl2FN3O. The monoisotopic (exact) mass is 391 g/mol. The zero-order valence-electron chi connectivity index (χ0n) is 14.4. The predicted octanol–water partition coefficient (Wildman–Crippen LogP) is 2.75. The Balaban J connectivity index is 0.00000156. The molecule has 2 aliphatic rings. The Hall–Kier alpha value is -0.880. The highest BCUT2D eigenvalue weighted by Gasteiger charge is 2.27. The van der Waals surface area contributed by atoms with Crippen molar-refractivity contribution in [2.24, 2.45) is 5.92 Å². The van der Waals surface area contributed by atoms with Gasteiger partial charge < -0.3 is 10.6 Å². The summed E-state index contributed by atoms with van der Waals surface area (Å²) in [4.78, 5) is 14.8. The number of nitrogens with one attached hydrogen (secondary N) is 2. The summed E-state index contributed by atoms with van der Waals surface area (Å²) in [6.45, 7) is 4.39. The minimum atomic E-state index is -0.196. The molecule has 1 aromatic rings. The van der Waals surface area contributed by atoms with Gasteiger partial charge in [-0.1, -0.05) is 12.1 Å². The van der Waals surface area contributed by atoms with E-state index in [1.165, 1.54) is 6.07 Å². The molecule has 0 aliphatic carbocycles. The first kappa shape index (κ1) is 22.2. The Morgan fingerprint density at radius 3 is 2.84 bits per heavy atom. The normalized spacial score (nSPS) is 23.9. The number of piperidine rings is 2. The average Bonchev–Trinajstić information content (AvgIpc) is 2.56. The van der Waals surface area contributed by atoms with Gasteiger partial charge in [-0.2, -0.15) is 0 Å². The van der Waals surface area contributed by atoms with Crippen molar-refractivity contribution in [2.45, 2.75) is 38.3 Å². The molecule has 1 aromatic carbocycles. The fourth-order valence-electron chi connectivity index (χ4n) is 3.60. The van der Waals surface area contributed by atoms with Gasteiger partial charge in [0.25, 0.3) is 0 Å². The number of carbonyl (C=O) groups excluding carboxylic acids is 1. The Bertz CT molecular complexity index is 541. The van der Waals surface area contributed by atoms with Crippen molar-refractivity contribution in [2.75, 3.05) is 26.2 Å². The van der Waals surface area contributed by atoms with Gasteiger partial charge in [-0.05, 0) is 56.5 Å². The maximum Gasteiger partial charge on any atom is 0.224 e. The molecule has 2 saturated heterocycles. The lowest BCUT2D eigenvalue weighted by molar-refractivity contribution is -0.127. The van der Waals surface area contributed by atoms with Gasteiger partial charge in [0.15, 0.2) is 0 Å². The lowest BCUT2D eigenvalue weighted by atomic mass is 9.95. The summed E-state index contributed by atoms with van der Waals surface area (Å²) in [5.74, 6) is 0.0421. The smallest absolute Gasteiger partial charge is 0.224 e. The van der Waals surface area contributed by atoms with E-state index in [9.17, 15) is 9.18 Å². The molecule has 2 fully saturated rings. The Morgan fingerprint density at radius 2 is 2.12 bits per heavy atom. The van der Waals surface area contributed by atoms with Crippen molar-refractivity contribution in [3.05, 3.63) is 35.6 Å². The fraction of sp³-hybridized carbons (Fsp3) is 0.611. The van der Waals surface area contributed by atoms with E-state index in [1.54, 1.807) is 12.1 Å². The summed E-state index contributed by atoms with van der Waals surface area (Å²) < 4.78 is 13.3. The molecule has 25 heavy (non-hydrogen) atoms. The molecular weight excluding hydrogens is 364 g/mol. The summed E-state index contributed by atoms with van der Waals surface area (Å²) in [7, 11) is 0. The highest BCUT2D eigenvalue weighted by molar-refractivity contribution is 5.85. The number of hydrogen-bond donors (Lipinski definition) is 2. The van der Waals surface area contributed by atoms with Crippen molar-refractivity contribution >= 4 is 30.7 Å². The van der Waals surface area contributed by atoms with Crippen LogP contribution in [0.15, 0.2) is 24.3 Å². The van der Waals surface area contributed by atoms with Crippen LogP contribution in [0.25, 0.3) is 0 Å². The van der Waals surface area contributed by atoms with Gasteiger partial charge >= 0.3 is 0 Å². The highest BCUT2D eigenvalue weighted by Crippen LogP contribution is 2.19. The second-order valence-corrected chi connectivity index (χ2v) is 6.76. The molecule has 4 nitrogen and oxygen atoms in total. The lowest BCUT2D eigenvalue weighted by Crippen LogP contribution is -2.50. The molecule has 2 heterocycles. The van der Waals surface area contributed by atoms with Gasteiger partial charge in [-0.25, -0.2) is 4.39 Å². The van der Waals surface area contributed by atoms with Gasteiger partial charge in [0.2, 0.25) is 5.91 Å². The van der Waals surface area contributed by atoms with Gasteiger partial charge in [0.1, 0.15) is 5.82 Å². The van der Waals surface area contributed by atoms with Gasteiger partial charge in [0, 0.05) is 25.7 Å². The number of nitrogens with zero attached hydrogens (tertiary/aromatic N) is 1. The van der Waals surface area contributed by atoms with Crippen molar-refractivity contribution in [3.63, 3.8) is 0 Å². The number of amides is 1. The second kappa shape index (κ2) is 11.0. The first-order valence-electron chi connectivity index (χ1n) is 8.68. The topological polar surface area (TPSA) is 44.4 Å². The molecule has 0 radical (unpaired) electrons. The zero-order valence-corrected chi connectivity index (χ0v) is 16.0. The third-order valence-electron chi connectivity index (χ3n) is 4.81. The van der Waals surface area contributed by atoms with E-state index >= 15 is 0 Å². The van der Waals surface area contributed by atoms with Crippen molar-refractivity contribution < 1.29 is 9.18 Å². The third kappa shape index (κ3) is 6.74. The standard InChI is InChI=1S/C18H26FN3O.2ClH/c19-16-6-1-4-14(10-16)12-22-9-3-5-15(13-22)18(23)21-17-7-2-8-20-11-17;;/h1,4,6,10,15,17,20H,2-3,5,7-9,11-13H2,(H,21,23);2*1H/t15?,17-;;/m0../s1. The number of benzene rings is 1. The van der Waals surface area contributed by atoms with E-state index in [0.717, 1.165) is 57.4 Å². The van der Waals surface area contributed by atoms with Crippen LogP contribution in [0.3, 0.4) is 0 Å². The number of carbonyl (C=O) groups is 1. The van der Waals surface area contributed by atoms with E-state index in [2.05, 4.69) is 15.5 Å². The van der Waals surface area contributed by atoms with Crippen molar-refractivity contribution in [3.8, 4) is 0 Å². The first-order valence-corrected chi connectivity index (χ1v) is 8.68. The molecule has 1 unspecified atom stereocenters. The van der Waals surface area contributed by atoms with Crippen LogP contribution in [0.5, 0.6) is 0 Å². The maximum absolute atomic E-state index is 13.3. The van der Waals surface area contributed by atoms with Crippen LogP contribution in [0.4, 0.5) is 4.39 Å². The number of halogens is 3. The summed E-state index contributed by atoms with van der Waals surface area (Å²) in [6.07, 6.45) is 4.17. The van der Waals surface area contributed by atoms with Crippen LogP contribution >= 0.6 is 24.8 Å². The Morgan fingerprint density at radius 1 is 1.28 bits per heavy atom. The largest absolute Gasteiger partial charge is 0.352 e. The zero-order chi connectivity index (χ0) is 16.1. The summed E-state index contributed by atoms with van der Waals surface area (Å²) in [6, 6.07) is 7.01. The molecule has 0 saturated carbocycles. The molecule has 7 heteroatoms. The number of rotatable bonds is 4. The Labute approximate surface area is 161 Å². The van der Waals surface area contributed by atoms with Gasteiger partial charge in [-0.15, -0.1) is 24.8 Å². The second-order valence-electron chi connectivity index (χ2n) is 6.76. The first-order chi connectivity index (χ1) is 11.2. The number of likely N-dealkylation sites (tertiary alicyclic amines) is 1. The molecule has 142 valence electrons. The van der Waals surface area contributed by atoms with Crippen LogP contribution in [0, 0.1) is 11.7 Å². The van der Waals surface area contributed by atoms with E-state index in [-0.39, 0.29) is 48.5 Å². The van der Waals surface area contributed by atoms with Crippen molar-refractivity contribution in [1.29, 1.82) is 0 Å². The SMILES string of the molecule is Cl.Cl.O=C(N[C@H]1CCCNC1)C1CCCN(Cc2cccc(F)c2)C1. The summed E-state index contributed by atoms with van der Waals surface area (Å²) >= 11 is 0. The molecule has 2 N–H and O–H groups in total. The molecule has 0 aromatic heterocycles. The minimum absolute atomic E-state index is 0. The third-order valence-corrected chi connectivity index (χ3v) is 4.81. The quantitative estimate of drug-likeness (QED) is 0.828. The summed E-state index contributed by atoms with van der Waals surface area (Å²) in [5.41, 5.74) is 0.975. The van der Waals surface area contributed by atoms with Gasteiger partial charge in [-0.3, -0.25) is 9.69 Å². The molecule has 0 bridgehead atoms. The van der Waals surface area contributed by atoms with Crippen molar-refractivity contribution in [1.82, 2.24) is 15.5 Å². The van der Waals surface area contributed by atoms with Crippen LogP contribution in [0.2, 0.25) is 0 Å². The highest BCUT2D eigenvalue weighted by atomic mass is 35.5. The van der Waals surface area contributed by atoms with Crippen LogP contribution in [-0.4, -0.2) is 43.0 Å². The van der Waals surface area contributed by atoms with Crippen LogP contribution < -0.4 is 10.6 Å². The van der Waals surface area contributed by atoms with E-state index in [0.29, 0.717) is 6.54 Å². The average molecular weight is 392 g/mol. The molecule has 3 rings (SSSR count). The summed E-state index contributed by atoms with van der Waals surface area (Å²) in [5, 5.41) is 6.52. The Kier molecular flexibility index (Phi) is 9.72. The van der Waals surface area contributed by atoms with E-state index in [4.69, 9.17) is 0 Å². The molecule has 2 aliphatic heterocycles.